The maximum Gasteiger partial charge on any atom is 0.290 e. The lowest BCUT2D eigenvalue weighted by Gasteiger charge is -2.39. The zero-order valence-electron chi connectivity index (χ0n) is 15.8. The molecule has 2 N–H and O–H groups in total. The molecule has 0 amide bonds. The van der Waals surface area contributed by atoms with Gasteiger partial charge in [0.05, 0.1) is 5.02 Å². The van der Waals surface area contributed by atoms with E-state index in [9.17, 15) is 5.11 Å². The van der Waals surface area contributed by atoms with Crippen molar-refractivity contribution in [2.24, 2.45) is 0 Å². The second kappa shape index (κ2) is 8.02. The molecule has 2 heterocycles. The number of nitrogens with zero attached hydrogens (tertiary/aromatic N) is 1. The fourth-order valence-corrected chi connectivity index (χ4v) is 5.16. The molecule has 1 fully saturated rings. The van der Waals surface area contributed by atoms with E-state index in [1.165, 1.54) is 0 Å². The molecule has 3 aromatic rings. The van der Waals surface area contributed by atoms with Gasteiger partial charge in [-0.05, 0) is 36.1 Å². The lowest BCUT2D eigenvalue weighted by atomic mass is 9.73. The highest BCUT2D eigenvalue weighted by atomic mass is 79.9. The van der Waals surface area contributed by atoms with Gasteiger partial charge in [0.2, 0.25) is 0 Å². The summed E-state index contributed by atoms with van der Waals surface area (Å²) >= 11 is 9.66. The third kappa shape index (κ3) is 3.11. The number of hydrogen-bond donors (Lipinski definition) is 2. The second-order valence-electron chi connectivity index (χ2n) is 7.31. The molecule has 3 atom stereocenters. The quantitative estimate of drug-likeness (QED) is 0.482. The molecular formula is C23H19BrClNO4. The van der Waals surface area contributed by atoms with Gasteiger partial charge in [-0.25, -0.2) is 0 Å². The fraction of sp³-hybridized carbons (Fsp3) is 0.217. The van der Waals surface area contributed by atoms with Crippen LogP contribution in [0, 0.1) is 0 Å². The number of benzene rings is 2. The van der Waals surface area contributed by atoms with Crippen LogP contribution in [0.15, 0.2) is 71.3 Å². The monoisotopic (exact) mass is 487 g/mol. The highest BCUT2D eigenvalue weighted by Gasteiger charge is 2.69. The lowest BCUT2D eigenvalue weighted by molar-refractivity contribution is -0.122. The second-order valence-corrected chi connectivity index (χ2v) is 8.66. The van der Waals surface area contributed by atoms with Gasteiger partial charge in [0.15, 0.2) is 11.2 Å². The number of aliphatic hydroxyl groups is 1. The number of carboxylic acid groups (broad SMARTS) is 1. The molecule has 1 aliphatic heterocycles. The van der Waals surface area contributed by atoms with Crippen LogP contribution in [0.5, 0.6) is 5.75 Å². The van der Waals surface area contributed by atoms with Crippen molar-refractivity contribution >= 4 is 34.0 Å². The predicted octanol–water partition coefficient (Wildman–Crippen LogP) is 5.25. The van der Waals surface area contributed by atoms with Crippen molar-refractivity contribution in [2.45, 2.75) is 30.0 Å². The van der Waals surface area contributed by atoms with Gasteiger partial charge in [0.1, 0.15) is 11.4 Å². The first kappa shape index (κ1) is 20.8. The molecule has 7 heteroatoms. The largest absolute Gasteiger partial charge is 0.483 e. The first-order valence-corrected chi connectivity index (χ1v) is 10.6. The summed E-state index contributed by atoms with van der Waals surface area (Å²) in [6.07, 6.45) is 2.96. The molecule has 3 unspecified atom stereocenters. The molecule has 0 bridgehead atoms. The third-order valence-electron chi connectivity index (χ3n) is 5.86. The summed E-state index contributed by atoms with van der Waals surface area (Å²) in [6, 6.07) is 20.0. The molecule has 0 radical (unpaired) electrons. The summed E-state index contributed by atoms with van der Waals surface area (Å²) in [5.74, 6) is 0.561. The van der Waals surface area contributed by atoms with Crippen LogP contribution in [-0.2, 0) is 16.0 Å². The van der Waals surface area contributed by atoms with Crippen LogP contribution < -0.4 is 4.74 Å². The van der Waals surface area contributed by atoms with Gasteiger partial charge >= 0.3 is 0 Å². The van der Waals surface area contributed by atoms with Gasteiger partial charge in [-0.2, -0.15) is 0 Å². The van der Waals surface area contributed by atoms with E-state index < -0.39 is 11.2 Å². The maximum atomic E-state index is 11.9. The van der Waals surface area contributed by atoms with Crippen LogP contribution >= 0.6 is 27.5 Å². The molecule has 5 nitrogen and oxygen atoms in total. The molecule has 154 valence electrons. The van der Waals surface area contributed by atoms with Crippen LogP contribution in [0.3, 0.4) is 0 Å². The summed E-state index contributed by atoms with van der Waals surface area (Å²) in [7, 11) is 0. The average molecular weight is 489 g/mol. The maximum absolute atomic E-state index is 11.9. The number of carbonyl (C=O) groups is 1. The summed E-state index contributed by atoms with van der Waals surface area (Å²) in [4.78, 5) is 12.8. The van der Waals surface area contributed by atoms with E-state index in [0.29, 0.717) is 22.9 Å². The summed E-state index contributed by atoms with van der Waals surface area (Å²) < 4.78 is 7.57. The Bertz CT molecular complexity index is 1060. The van der Waals surface area contributed by atoms with E-state index >= 15 is 0 Å². The average Bonchev–Trinajstić information content (AvgIpc) is 3.16. The fourth-order valence-electron chi connectivity index (χ4n) is 4.75. The molecule has 0 spiro atoms. The summed E-state index contributed by atoms with van der Waals surface area (Å²) in [6.45, 7) is -0.250. The zero-order chi connectivity index (χ0) is 21.4. The van der Waals surface area contributed by atoms with Crippen molar-refractivity contribution in [1.29, 1.82) is 0 Å². The van der Waals surface area contributed by atoms with Crippen molar-refractivity contribution in [3.05, 3.63) is 93.2 Å². The number of fused-ring (bicyclic) bond motifs is 3. The van der Waals surface area contributed by atoms with Crippen molar-refractivity contribution in [3.8, 4) is 5.75 Å². The highest BCUT2D eigenvalue weighted by Crippen LogP contribution is 2.66. The standard InChI is InChI=1S/C22H17BrClNO2.CH2O2/c23-16-8-6-15(7-9-16)22-18(14-4-2-1-3-5-14)10-11-21(22,26)20-19(27-22)12-17(24)13-25-20;2-1-3/h1-9,12-13,18,26H,10-11H2;1H,(H,2,3). The van der Waals surface area contributed by atoms with Gasteiger partial charge in [0, 0.05) is 22.7 Å². The van der Waals surface area contributed by atoms with E-state index in [1.807, 2.05) is 42.5 Å². The van der Waals surface area contributed by atoms with E-state index in [2.05, 4.69) is 33.0 Å². The van der Waals surface area contributed by atoms with Gasteiger partial charge in [0.25, 0.3) is 6.47 Å². The Labute approximate surface area is 187 Å². The molecule has 0 saturated heterocycles. The minimum absolute atomic E-state index is 0.00199. The molecule has 1 aliphatic carbocycles. The van der Waals surface area contributed by atoms with Crippen LogP contribution in [0.1, 0.15) is 35.6 Å². The Kier molecular flexibility index (Phi) is 5.57. The number of rotatable bonds is 2. The lowest BCUT2D eigenvalue weighted by Crippen LogP contribution is -2.48. The van der Waals surface area contributed by atoms with E-state index in [0.717, 1.165) is 22.0 Å². The minimum atomic E-state index is -1.21. The highest BCUT2D eigenvalue weighted by molar-refractivity contribution is 9.10. The molecule has 1 saturated carbocycles. The van der Waals surface area contributed by atoms with Crippen molar-refractivity contribution in [1.82, 2.24) is 4.98 Å². The summed E-state index contributed by atoms with van der Waals surface area (Å²) in [5, 5.41) is 19.3. The van der Waals surface area contributed by atoms with E-state index in [-0.39, 0.29) is 12.4 Å². The van der Waals surface area contributed by atoms with Crippen LogP contribution in [0.25, 0.3) is 0 Å². The normalized spacial score (nSPS) is 26.0. The number of aromatic nitrogens is 1. The van der Waals surface area contributed by atoms with Gasteiger partial charge < -0.3 is 14.9 Å². The number of hydrogen-bond acceptors (Lipinski definition) is 4. The van der Waals surface area contributed by atoms with Gasteiger partial charge in [-0.3, -0.25) is 9.78 Å². The van der Waals surface area contributed by atoms with Gasteiger partial charge in [-0.1, -0.05) is 70.0 Å². The third-order valence-corrected chi connectivity index (χ3v) is 6.59. The molecule has 2 aliphatic rings. The molecule has 5 rings (SSSR count). The predicted molar refractivity (Wildman–Crippen MR) is 117 cm³/mol. The van der Waals surface area contributed by atoms with Crippen LogP contribution in [0.4, 0.5) is 0 Å². The Morgan fingerprint density at radius 1 is 1.17 bits per heavy atom. The Balaban J connectivity index is 0.000000687. The Hall–Kier alpha value is -2.41. The zero-order valence-corrected chi connectivity index (χ0v) is 18.2. The Morgan fingerprint density at radius 3 is 2.50 bits per heavy atom. The first-order valence-electron chi connectivity index (χ1n) is 9.42. The molecular weight excluding hydrogens is 470 g/mol. The Morgan fingerprint density at radius 2 is 1.83 bits per heavy atom. The van der Waals surface area contributed by atoms with Crippen LogP contribution in [0.2, 0.25) is 5.02 Å². The molecule has 30 heavy (non-hydrogen) atoms. The van der Waals surface area contributed by atoms with Crippen molar-refractivity contribution < 1.29 is 19.7 Å². The van der Waals surface area contributed by atoms with E-state index in [4.69, 9.17) is 26.2 Å². The summed E-state index contributed by atoms with van der Waals surface area (Å²) in [5.41, 5.74) is 0.522. The molecule has 1 aromatic heterocycles. The number of pyridine rings is 1. The first-order chi connectivity index (χ1) is 14.5. The van der Waals surface area contributed by atoms with Crippen molar-refractivity contribution in [2.75, 3.05) is 0 Å². The number of halogens is 2. The topological polar surface area (TPSA) is 79.7 Å². The molecule has 2 aromatic carbocycles. The van der Waals surface area contributed by atoms with Crippen molar-refractivity contribution in [3.63, 3.8) is 0 Å². The SMILES string of the molecule is O=CO.OC12CCC(c3ccccc3)C1(c1ccc(Br)cc1)Oc1cc(Cl)cnc12. The number of ether oxygens (including phenoxy) is 1. The van der Waals surface area contributed by atoms with Crippen LogP contribution in [-0.4, -0.2) is 21.7 Å². The van der Waals surface area contributed by atoms with Gasteiger partial charge in [-0.15, -0.1) is 0 Å². The minimum Gasteiger partial charge on any atom is -0.483 e. The van der Waals surface area contributed by atoms with E-state index in [1.54, 1.807) is 12.3 Å². The smallest absolute Gasteiger partial charge is 0.290 e.